The van der Waals surface area contributed by atoms with Crippen LogP contribution in [0.4, 0.5) is 5.69 Å². The maximum atomic E-state index is 13.5. The normalized spacial score (nSPS) is 11.8. The van der Waals surface area contributed by atoms with Gasteiger partial charge in [0.05, 0.1) is 10.6 Å². The number of carbonyl (C=O) groups is 2. The number of hydrogen-bond acceptors (Lipinski definition) is 6. The van der Waals surface area contributed by atoms with E-state index in [0.717, 1.165) is 11.1 Å². The summed E-state index contributed by atoms with van der Waals surface area (Å²) in [7, 11) is 0. The van der Waals surface area contributed by atoms with E-state index in [9.17, 15) is 14.4 Å². The molecule has 1 N–H and O–H groups in total. The summed E-state index contributed by atoms with van der Waals surface area (Å²) in [5.74, 6) is -0.260. The molecule has 4 rings (SSSR count). The highest BCUT2D eigenvalue weighted by atomic mass is 32.2. The van der Waals surface area contributed by atoms with Crippen LogP contribution in [0.5, 0.6) is 0 Å². The van der Waals surface area contributed by atoms with Crippen molar-refractivity contribution in [2.24, 2.45) is 0 Å². The van der Waals surface area contributed by atoms with Gasteiger partial charge in [0.1, 0.15) is 4.83 Å². The predicted octanol–water partition coefficient (Wildman–Crippen LogP) is 5.63. The zero-order valence-electron chi connectivity index (χ0n) is 18.8. The number of ketones is 1. The second kappa shape index (κ2) is 10.2. The van der Waals surface area contributed by atoms with Crippen molar-refractivity contribution in [2.75, 3.05) is 5.32 Å². The zero-order valence-corrected chi connectivity index (χ0v) is 20.4. The van der Waals surface area contributed by atoms with Crippen LogP contribution in [0.2, 0.25) is 0 Å². The van der Waals surface area contributed by atoms with E-state index in [4.69, 9.17) is 4.98 Å². The number of nitrogens with one attached hydrogen (secondary N) is 1. The van der Waals surface area contributed by atoms with Gasteiger partial charge in [0.25, 0.3) is 5.56 Å². The fourth-order valence-corrected chi connectivity index (χ4v) is 5.37. The number of aromatic nitrogens is 2. The molecule has 4 aromatic rings. The van der Waals surface area contributed by atoms with Crippen LogP contribution in [0.3, 0.4) is 0 Å². The number of amides is 1. The Morgan fingerprint density at radius 1 is 1.18 bits per heavy atom. The topological polar surface area (TPSA) is 81.1 Å². The number of fused-ring (bicyclic) bond motifs is 1. The molecule has 34 heavy (non-hydrogen) atoms. The number of hydrogen-bond donors (Lipinski definition) is 1. The van der Waals surface area contributed by atoms with Crippen molar-refractivity contribution >= 4 is 50.7 Å². The molecule has 1 amide bonds. The van der Waals surface area contributed by atoms with E-state index in [1.807, 2.05) is 35.7 Å². The summed E-state index contributed by atoms with van der Waals surface area (Å²) in [6.45, 7) is 7.33. The maximum absolute atomic E-state index is 13.5. The summed E-state index contributed by atoms with van der Waals surface area (Å²) in [6, 6.07) is 16.5. The minimum absolute atomic E-state index is 0.0348. The highest BCUT2D eigenvalue weighted by molar-refractivity contribution is 8.00. The van der Waals surface area contributed by atoms with Crippen LogP contribution in [0.1, 0.15) is 24.2 Å². The molecule has 2 aromatic carbocycles. The first-order chi connectivity index (χ1) is 16.4. The smallest absolute Gasteiger partial charge is 0.263 e. The number of Topliss-reactive ketones (excluding diaryl/α,β-unsaturated/α-hetero) is 1. The minimum atomic E-state index is -0.513. The monoisotopic (exact) mass is 489 g/mol. The summed E-state index contributed by atoms with van der Waals surface area (Å²) in [4.78, 5) is 43.1. The summed E-state index contributed by atoms with van der Waals surface area (Å²) in [6.07, 6.45) is 1.65. The van der Waals surface area contributed by atoms with Gasteiger partial charge in [-0.05, 0) is 43.7 Å². The van der Waals surface area contributed by atoms with Crippen LogP contribution in [0.25, 0.3) is 21.3 Å². The van der Waals surface area contributed by atoms with Crippen LogP contribution in [0.15, 0.2) is 82.6 Å². The molecule has 0 spiro atoms. The van der Waals surface area contributed by atoms with Gasteiger partial charge in [-0.3, -0.25) is 19.0 Å². The number of nitrogens with zero attached hydrogens (tertiary/aromatic N) is 2. The number of anilines is 1. The molecule has 172 valence electrons. The standard InChI is InChI=1S/C26H23N3O3S2/c1-4-14-29-25(32)22-21(19-8-6-5-7-9-19)15-33-24(22)28-26(29)34-17(3)23(31)27-20-12-10-18(11-13-20)16(2)30/h4-13,15,17H,1,14H2,2-3H3,(H,27,31). The molecule has 0 aliphatic carbocycles. The van der Waals surface area contributed by atoms with E-state index in [1.165, 1.54) is 30.0 Å². The third-order valence-electron chi connectivity index (χ3n) is 5.27. The van der Waals surface area contributed by atoms with Crippen LogP contribution in [0, 0.1) is 0 Å². The molecular formula is C26H23N3O3S2. The molecule has 0 saturated heterocycles. The van der Waals surface area contributed by atoms with Crippen molar-refractivity contribution in [2.45, 2.75) is 30.8 Å². The molecule has 2 aromatic heterocycles. The molecule has 0 fully saturated rings. The van der Waals surface area contributed by atoms with Gasteiger partial charge in [-0.25, -0.2) is 4.98 Å². The first-order valence-electron chi connectivity index (χ1n) is 10.7. The zero-order chi connectivity index (χ0) is 24.2. The molecule has 0 saturated carbocycles. The molecule has 0 radical (unpaired) electrons. The van der Waals surface area contributed by atoms with E-state index < -0.39 is 5.25 Å². The Hall–Kier alpha value is -3.49. The van der Waals surface area contributed by atoms with Crippen LogP contribution in [-0.2, 0) is 11.3 Å². The molecule has 6 nitrogen and oxygen atoms in total. The lowest BCUT2D eigenvalue weighted by Crippen LogP contribution is -2.26. The van der Waals surface area contributed by atoms with Crippen molar-refractivity contribution in [3.63, 3.8) is 0 Å². The van der Waals surface area contributed by atoms with Gasteiger partial charge in [0.2, 0.25) is 5.91 Å². The minimum Gasteiger partial charge on any atom is -0.325 e. The number of thioether (sulfide) groups is 1. The van der Waals surface area contributed by atoms with Gasteiger partial charge in [-0.1, -0.05) is 48.2 Å². The SMILES string of the molecule is C=CCn1c(SC(C)C(=O)Nc2ccc(C(C)=O)cc2)nc2scc(-c3ccccc3)c2c1=O. The molecule has 8 heteroatoms. The molecule has 0 aliphatic rings. The van der Waals surface area contributed by atoms with Gasteiger partial charge in [0.15, 0.2) is 10.9 Å². The molecule has 1 unspecified atom stereocenters. The molecule has 2 heterocycles. The largest absolute Gasteiger partial charge is 0.325 e. The Kier molecular flexibility index (Phi) is 7.09. The van der Waals surface area contributed by atoms with E-state index >= 15 is 0 Å². The number of thiophene rings is 1. The number of allylic oxidation sites excluding steroid dienone is 1. The predicted molar refractivity (Wildman–Crippen MR) is 140 cm³/mol. The second-order valence-electron chi connectivity index (χ2n) is 7.68. The number of benzene rings is 2. The maximum Gasteiger partial charge on any atom is 0.263 e. The van der Waals surface area contributed by atoms with Gasteiger partial charge in [0, 0.05) is 28.7 Å². The lowest BCUT2D eigenvalue weighted by molar-refractivity contribution is -0.115. The average Bonchev–Trinajstić information content (AvgIpc) is 3.26. The Bertz CT molecular complexity index is 1420. The van der Waals surface area contributed by atoms with Crippen molar-refractivity contribution < 1.29 is 9.59 Å². The summed E-state index contributed by atoms with van der Waals surface area (Å²) < 4.78 is 1.56. The Morgan fingerprint density at radius 2 is 1.88 bits per heavy atom. The summed E-state index contributed by atoms with van der Waals surface area (Å²) in [5.41, 5.74) is 2.84. The number of carbonyl (C=O) groups excluding carboxylic acids is 2. The molecular weight excluding hydrogens is 466 g/mol. The lowest BCUT2D eigenvalue weighted by Gasteiger charge is -2.15. The third kappa shape index (κ3) is 4.88. The summed E-state index contributed by atoms with van der Waals surface area (Å²) in [5, 5.41) is 5.33. The van der Waals surface area contributed by atoms with E-state index in [-0.39, 0.29) is 23.8 Å². The average molecular weight is 490 g/mol. The van der Waals surface area contributed by atoms with Crippen LogP contribution >= 0.6 is 23.1 Å². The van der Waals surface area contributed by atoms with Gasteiger partial charge >= 0.3 is 0 Å². The van der Waals surface area contributed by atoms with E-state index in [1.54, 1.807) is 41.8 Å². The highest BCUT2D eigenvalue weighted by Gasteiger charge is 2.21. The molecule has 1 atom stereocenters. The van der Waals surface area contributed by atoms with Gasteiger partial charge in [-0.2, -0.15) is 0 Å². The molecule has 0 aliphatic heterocycles. The Balaban J connectivity index is 1.62. The van der Waals surface area contributed by atoms with Gasteiger partial charge < -0.3 is 5.32 Å². The molecule has 0 bridgehead atoms. The summed E-state index contributed by atoms with van der Waals surface area (Å²) >= 11 is 2.64. The Morgan fingerprint density at radius 3 is 2.53 bits per heavy atom. The second-order valence-corrected chi connectivity index (χ2v) is 9.84. The Labute approximate surface area is 205 Å². The van der Waals surface area contributed by atoms with E-state index in [2.05, 4.69) is 11.9 Å². The quantitative estimate of drug-likeness (QED) is 0.150. The van der Waals surface area contributed by atoms with Crippen molar-refractivity contribution in [3.05, 3.63) is 88.5 Å². The van der Waals surface area contributed by atoms with Crippen molar-refractivity contribution in [3.8, 4) is 11.1 Å². The van der Waals surface area contributed by atoms with Gasteiger partial charge in [-0.15, -0.1) is 17.9 Å². The third-order valence-corrected chi connectivity index (χ3v) is 7.23. The number of rotatable bonds is 8. The fraction of sp³-hybridized carbons (Fsp3) is 0.154. The van der Waals surface area contributed by atoms with E-state index in [0.29, 0.717) is 26.6 Å². The van der Waals surface area contributed by atoms with Crippen molar-refractivity contribution in [1.29, 1.82) is 0 Å². The van der Waals surface area contributed by atoms with Crippen LogP contribution in [-0.4, -0.2) is 26.5 Å². The fourth-order valence-electron chi connectivity index (χ4n) is 3.46. The van der Waals surface area contributed by atoms with Crippen molar-refractivity contribution in [1.82, 2.24) is 9.55 Å². The van der Waals surface area contributed by atoms with Crippen LogP contribution < -0.4 is 10.9 Å². The first-order valence-corrected chi connectivity index (χ1v) is 12.4. The highest BCUT2D eigenvalue weighted by Crippen LogP contribution is 2.33. The first kappa shape index (κ1) is 23.7. The lowest BCUT2D eigenvalue weighted by atomic mass is 10.1.